The number of rotatable bonds is 3. The molecular formula is C13H18N4S. The minimum Gasteiger partial charge on any atom is -0.296 e. The zero-order valence-corrected chi connectivity index (χ0v) is 11.4. The monoisotopic (exact) mass is 262 g/mol. The summed E-state index contributed by atoms with van der Waals surface area (Å²) in [5, 5.41) is 10.2. The molecule has 4 nitrogen and oxygen atoms in total. The second-order valence-electron chi connectivity index (χ2n) is 4.84. The number of piperidine rings is 1. The second-order valence-corrected chi connectivity index (χ2v) is 5.82. The third-order valence-corrected chi connectivity index (χ3v) is 4.86. The molecule has 0 radical (unpaired) electrons. The molecule has 2 aromatic heterocycles. The zero-order chi connectivity index (χ0) is 12.4. The molecule has 1 unspecified atom stereocenters. The first-order valence-corrected chi connectivity index (χ1v) is 7.36. The van der Waals surface area contributed by atoms with Gasteiger partial charge in [0.05, 0.1) is 12.2 Å². The summed E-state index contributed by atoms with van der Waals surface area (Å²) >= 11 is 1.85. The molecule has 18 heavy (non-hydrogen) atoms. The third kappa shape index (κ3) is 2.33. The summed E-state index contributed by atoms with van der Waals surface area (Å²) in [5.41, 5.74) is 0. The van der Waals surface area contributed by atoms with Gasteiger partial charge in [0.1, 0.15) is 0 Å². The van der Waals surface area contributed by atoms with Crippen molar-refractivity contribution in [1.29, 1.82) is 0 Å². The molecule has 1 saturated heterocycles. The molecule has 0 N–H and O–H groups in total. The number of hydrogen-bond donors (Lipinski definition) is 0. The summed E-state index contributed by atoms with van der Waals surface area (Å²) in [6, 6.07) is 5.44. The van der Waals surface area contributed by atoms with E-state index in [0.29, 0.717) is 12.1 Å². The minimum absolute atomic E-state index is 0.527. The Kier molecular flexibility index (Phi) is 3.43. The number of thiophene rings is 1. The van der Waals surface area contributed by atoms with Crippen LogP contribution in [-0.2, 0) is 0 Å². The molecule has 1 aliphatic rings. The van der Waals surface area contributed by atoms with E-state index in [0.717, 1.165) is 13.1 Å². The predicted molar refractivity (Wildman–Crippen MR) is 72.6 cm³/mol. The van der Waals surface area contributed by atoms with Crippen molar-refractivity contribution >= 4 is 11.3 Å². The van der Waals surface area contributed by atoms with Gasteiger partial charge in [0, 0.05) is 30.2 Å². The minimum atomic E-state index is 0.527. The van der Waals surface area contributed by atoms with E-state index in [-0.39, 0.29) is 0 Å². The van der Waals surface area contributed by atoms with Gasteiger partial charge >= 0.3 is 0 Å². The first-order valence-electron chi connectivity index (χ1n) is 6.48. The Balaban J connectivity index is 1.60. The van der Waals surface area contributed by atoms with E-state index in [9.17, 15) is 0 Å². The van der Waals surface area contributed by atoms with Gasteiger partial charge in [-0.15, -0.1) is 16.4 Å². The van der Waals surface area contributed by atoms with Gasteiger partial charge in [-0.2, -0.15) is 0 Å². The van der Waals surface area contributed by atoms with Gasteiger partial charge in [-0.1, -0.05) is 11.3 Å². The van der Waals surface area contributed by atoms with E-state index in [1.165, 1.54) is 17.7 Å². The molecule has 0 amide bonds. The highest BCUT2D eigenvalue weighted by Crippen LogP contribution is 2.30. The van der Waals surface area contributed by atoms with Crippen LogP contribution < -0.4 is 0 Å². The number of likely N-dealkylation sites (tertiary alicyclic amines) is 1. The van der Waals surface area contributed by atoms with Gasteiger partial charge in [0.15, 0.2) is 0 Å². The van der Waals surface area contributed by atoms with Gasteiger partial charge in [-0.05, 0) is 31.2 Å². The highest BCUT2D eigenvalue weighted by molar-refractivity contribution is 7.10. The molecule has 0 saturated carbocycles. The fourth-order valence-electron chi connectivity index (χ4n) is 2.66. The first kappa shape index (κ1) is 11.9. The van der Waals surface area contributed by atoms with Crippen molar-refractivity contribution in [3.05, 3.63) is 34.8 Å². The molecule has 0 spiro atoms. The van der Waals surface area contributed by atoms with E-state index in [1.807, 2.05) is 22.2 Å². The van der Waals surface area contributed by atoms with E-state index >= 15 is 0 Å². The summed E-state index contributed by atoms with van der Waals surface area (Å²) in [4.78, 5) is 4.04. The lowest BCUT2D eigenvalue weighted by Gasteiger charge is -2.35. The fourth-order valence-corrected chi connectivity index (χ4v) is 3.48. The largest absolute Gasteiger partial charge is 0.296 e. The van der Waals surface area contributed by atoms with Gasteiger partial charge in [-0.3, -0.25) is 4.90 Å². The summed E-state index contributed by atoms with van der Waals surface area (Å²) in [7, 11) is 0. The van der Waals surface area contributed by atoms with Gasteiger partial charge in [-0.25, -0.2) is 4.68 Å². The summed E-state index contributed by atoms with van der Waals surface area (Å²) in [6.07, 6.45) is 6.07. The van der Waals surface area contributed by atoms with Crippen LogP contribution >= 0.6 is 11.3 Å². The smallest absolute Gasteiger partial charge is 0.0693 e. The number of aromatic nitrogens is 3. The summed E-state index contributed by atoms with van der Waals surface area (Å²) in [5.74, 6) is 0. The molecule has 1 aliphatic heterocycles. The summed E-state index contributed by atoms with van der Waals surface area (Å²) < 4.78 is 2.01. The molecule has 1 atom stereocenters. The van der Waals surface area contributed by atoms with Crippen LogP contribution in [0.4, 0.5) is 0 Å². The molecule has 3 heterocycles. The van der Waals surface area contributed by atoms with Crippen LogP contribution in [0.5, 0.6) is 0 Å². The average molecular weight is 262 g/mol. The van der Waals surface area contributed by atoms with E-state index < -0.39 is 0 Å². The van der Waals surface area contributed by atoms with Crippen molar-refractivity contribution in [2.24, 2.45) is 0 Å². The average Bonchev–Trinajstić information content (AvgIpc) is 3.11. The maximum absolute atomic E-state index is 4.11. The Morgan fingerprint density at radius 3 is 2.83 bits per heavy atom. The standard InChI is InChI=1S/C13H18N4S/c1-11(13-3-2-10-18-13)16-7-4-12(5-8-16)17-9-6-14-15-17/h2-3,6,9-12H,4-5,7-8H2,1H3. The van der Waals surface area contributed by atoms with Crippen molar-refractivity contribution in [3.63, 3.8) is 0 Å². The highest BCUT2D eigenvalue weighted by atomic mass is 32.1. The topological polar surface area (TPSA) is 34.0 Å². The molecule has 2 aromatic rings. The van der Waals surface area contributed by atoms with Crippen LogP contribution in [0, 0.1) is 0 Å². The highest BCUT2D eigenvalue weighted by Gasteiger charge is 2.25. The van der Waals surface area contributed by atoms with Crippen LogP contribution in [0.1, 0.15) is 36.7 Å². The molecule has 3 rings (SSSR count). The van der Waals surface area contributed by atoms with Gasteiger partial charge in [0.2, 0.25) is 0 Å². The van der Waals surface area contributed by atoms with E-state index in [4.69, 9.17) is 0 Å². The SMILES string of the molecule is CC(c1cccs1)N1CCC(n2ccnn2)CC1. The normalized spacial score (nSPS) is 20.1. The quantitative estimate of drug-likeness (QED) is 0.853. The van der Waals surface area contributed by atoms with Crippen molar-refractivity contribution in [3.8, 4) is 0 Å². The molecule has 0 bridgehead atoms. The van der Waals surface area contributed by atoms with E-state index in [1.54, 1.807) is 6.20 Å². The second kappa shape index (κ2) is 5.20. The Hall–Kier alpha value is -1.20. The van der Waals surface area contributed by atoms with Crippen LogP contribution in [0.25, 0.3) is 0 Å². The Labute approximate surface area is 111 Å². The van der Waals surface area contributed by atoms with Crippen molar-refractivity contribution in [1.82, 2.24) is 19.9 Å². The van der Waals surface area contributed by atoms with E-state index in [2.05, 4.69) is 39.6 Å². The lowest BCUT2D eigenvalue weighted by molar-refractivity contribution is 0.140. The molecule has 96 valence electrons. The molecular weight excluding hydrogens is 244 g/mol. The Morgan fingerprint density at radius 1 is 1.39 bits per heavy atom. The molecule has 0 aliphatic carbocycles. The maximum Gasteiger partial charge on any atom is 0.0693 e. The maximum atomic E-state index is 4.11. The van der Waals surface area contributed by atoms with Crippen LogP contribution in [-0.4, -0.2) is 33.0 Å². The summed E-state index contributed by atoms with van der Waals surface area (Å²) in [6.45, 7) is 4.59. The van der Waals surface area contributed by atoms with Crippen molar-refractivity contribution in [2.45, 2.75) is 31.8 Å². The van der Waals surface area contributed by atoms with Crippen LogP contribution in [0.2, 0.25) is 0 Å². The number of hydrogen-bond acceptors (Lipinski definition) is 4. The molecule has 0 aromatic carbocycles. The van der Waals surface area contributed by atoms with Gasteiger partial charge in [0.25, 0.3) is 0 Å². The first-order chi connectivity index (χ1) is 8.84. The third-order valence-electron chi connectivity index (χ3n) is 3.82. The van der Waals surface area contributed by atoms with Crippen LogP contribution in [0.15, 0.2) is 29.9 Å². The van der Waals surface area contributed by atoms with Gasteiger partial charge < -0.3 is 0 Å². The fraction of sp³-hybridized carbons (Fsp3) is 0.538. The van der Waals surface area contributed by atoms with Crippen molar-refractivity contribution < 1.29 is 0 Å². The zero-order valence-electron chi connectivity index (χ0n) is 10.6. The molecule has 5 heteroatoms. The van der Waals surface area contributed by atoms with Crippen molar-refractivity contribution in [2.75, 3.05) is 13.1 Å². The lowest BCUT2D eigenvalue weighted by atomic mass is 10.0. The van der Waals surface area contributed by atoms with Crippen LogP contribution in [0.3, 0.4) is 0 Å². The Bertz CT molecular complexity index is 457. The lowest BCUT2D eigenvalue weighted by Crippen LogP contribution is -2.36. The predicted octanol–water partition coefficient (Wildman–Crippen LogP) is 2.74. The number of nitrogens with zero attached hydrogens (tertiary/aromatic N) is 4. The molecule has 1 fully saturated rings. The Morgan fingerprint density at radius 2 is 2.22 bits per heavy atom.